The fourth-order valence-electron chi connectivity index (χ4n) is 1.52. The van der Waals surface area contributed by atoms with Crippen LogP contribution in [-0.2, 0) is 13.1 Å². The van der Waals surface area contributed by atoms with Gasteiger partial charge in [-0.05, 0) is 11.6 Å². The van der Waals surface area contributed by atoms with Crippen molar-refractivity contribution in [1.29, 1.82) is 0 Å². The van der Waals surface area contributed by atoms with Gasteiger partial charge >= 0.3 is 6.36 Å². The predicted molar refractivity (Wildman–Crippen MR) is 43.7 cm³/mol. The zero-order chi connectivity index (χ0) is 10.2. The second-order valence-corrected chi connectivity index (χ2v) is 3.05. The van der Waals surface area contributed by atoms with Crippen molar-refractivity contribution in [3.8, 4) is 5.75 Å². The largest absolute Gasteiger partial charge is 0.573 e. The van der Waals surface area contributed by atoms with Crippen LogP contribution in [-0.4, -0.2) is 6.36 Å². The van der Waals surface area contributed by atoms with Crippen LogP contribution >= 0.6 is 0 Å². The molecule has 0 unspecified atom stereocenters. The van der Waals surface area contributed by atoms with Gasteiger partial charge in [0.2, 0.25) is 0 Å². The van der Waals surface area contributed by atoms with Crippen molar-refractivity contribution in [1.82, 2.24) is 5.32 Å². The molecule has 1 aromatic rings. The highest BCUT2D eigenvalue weighted by atomic mass is 19.4. The maximum atomic E-state index is 12.0. The molecule has 1 aliphatic heterocycles. The van der Waals surface area contributed by atoms with Gasteiger partial charge in [-0.2, -0.15) is 0 Å². The minimum Gasteiger partial charge on any atom is -0.405 e. The van der Waals surface area contributed by atoms with Gasteiger partial charge in [0.1, 0.15) is 5.75 Å². The molecule has 1 heterocycles. The van der Waals surface area contributed by atoms with Crippen LogP contribution in [0.5, 0.6) is 5.75 Å². The lowest BCUT2D eigenvalue weighted by Gasteiger charge is -2.11. The van der Waals surface area contributed by atoms with Gasteiger partial charge in [-0.25, -0.2) is 0 Å². The van der Waals surface area contributed by atoms with Crippen LogP contribution in [0.1, 0.15) is 11.1 Å². The molecule has 14 heavy (non-hydrogen) atoms. The highest BCUT2D eigenvalue weighted by Gasteiger charge is 2.32. The number of rotatable bonds is 1. The van der Waals surface area contributed by atoms with Gasteiger partial charge in [0.25, 0.3) is 0 Å². The summed E-state index contributed by atoms with van der Waals surface area (Å²) in [5.74, 6) is -0.0972. The third-order valence-corrected chi connectivity index (χ3v) is 2.07. The second kappa shape index (κ2) is 3.16. The van der Waals surface area contributed by atoms with E-state index in [0.29, 0.717) is 18.7 Å². The number of alkyl halides is 3. The summed E-state index contributed by atoms with van der Waals surface area (Å²) in [6.07, 6.45) is -4.61. The molecule has 0 fully saturated rings. The molecule has 1 N–H and O–H groups in total. The first-order chi connectivity index (χ1) is 6.56. The van der Waals surface area contributed by atoms with E-state index in [1.807, 2.05) is 0 Å². The van der Waals surface area contributed by atoms with Crippen molar-refractivity contribution < 1.29 is 17.9 Å². The minimum absolute atomic E-state index is 0.0972. The number of ether oxygens (including phenoxy) is 1. The molecule has 5 heteroatoms. The van der Waals surface area contributed by atoms with Crippen LogP contribution in [0.3, 0.4) is 0 Å². The Kier molecular flexibility index (Phi) is 2.11. The van der Waals surface area contributed by atoms with E-state index < -0.39 is 6.36 Å². The number of fused-ring (bicyclic) bond motifs is 1. The van der Waals surface area contributed by atoms with Crippen molar-refractivity contribution in [2.45, 2.75) is 19.5 Å². The number of nitrogens with one attached hydrogen (secondary N) is 1. The molecule has 0 bridgehead atoms. The van der Waals surface area contributed by atoms with Gasteiger partial charge in [-0.1, -0.05) is 12.1 Å². The van der Waals surface area contributed by atoms with E-state index in [1.54, 1.807) is 12.1 Å². The van der Waals surface area contributed by atoms with E-state index in [1.165, 1.54) is 6.07 Å². The van der Waals surface area contributed by atoms with Crippen LogP contribution in [0, 0.1) is 0 Å². The van der Waals surface area contributed by atoms with Gasteiger partial charge < -0.3 is 10.1 Å². The summed E-state index contributed by atoms with van der Waals surface area (Å²) in [5.41, 5.74) is 1.47. The number of hydrogen-bond donors (Lipinski definition) is 1. The highest BCUT2D eigenvalue weighted by molar-refractivity contribution is 5.42. The van der Waals surface area contributed by atoms with Crippen LogP contribution < -0.4 is 10.1 Å². The Morgan fingerprint density at radius 3 is 2.71 bits per heavy atom. The van der Waals surface area contributed by atoms with Crippen molar-refractivity contribution in [3.63, 3.8) is 0 Å². The molecule has 0 aliphatic carbocycles. The van der Waals surface area contributed by atoms with Gasteiger partial charge in [0.15, 0.2) is 0 Å². The summed E-state index contributed by atoms with van der Waals surface area (Å²) in [6.45, 7) is 1.03. The Bertz CT molecular complexity index is 348. The lowest BCUT2D eigenvalue weighted by atomic mass is 10.1. The lowest BCUT2D eigenvalue weighted by Crippen LogP contribution is -2.18. The summed E-state index contributed by atoms with van der Waals surface area (Å²) >= 11 is 0. The zero-order valence-corrected chi connectivity index (χ0v) is 7.19. The smallest absolute Gasteiger partial charge is 0.405 e. The standard InChI is InChI=1S/C9H8F3NO/c10-9(11,12)14-8-3-1-2-6-4-13-5-7(6)8/h1-3,13H,4-5H2. The lowest BCUT2D eigenvalue weighted by molar-refractivity contribution is -0.274. The minimum atomic E-state index is -4.61. The average molecular weight is 203 g/mol. The Labute approximate surface area is 78.7 Å². The Hall–Kier alpha value is -1.23. The number of halogens is 3. The molecule has 2 rings (SSSR count). The molecule has 0 aromatic heterocycles. The summed E-state index contributed by atoms with van der Waals surface area (Å²) in [5, 5.41) is 2.97. The Morgan fingerprint density at radius 2 is 2.00 bits per heavy atom. The highest BCUT2D eigenvalue weighted by Crippen LogP contribution is 2.30. The maximum absolute atomic E-state index is 12.0. The molecule has 0 saturated heterocycles. The first-order valence-corrected chi connectivity index (χ1v) is 4.13. The predicted octanol–water partition coefficient (Wildman–Crippen LogP) is 2.19. The monoisotopic (exact) mass is 203 g/mol. The molecular weight excluding hydrogens is 195 g/mol. The Morgan fingerprint density at radius 1 is 1.21 bits per heavy atom. The summed E-state index contributed by atoms with van der Waals surface area (Å²) in [4.78, 5) is 0. The van der Waals surface area contributed by atoms with E-state index in [0.717, 1.165) is 5.56 Å². The Balaban J connectivity index is 2.31. The molecule has 76 valence electrons. The van der Waals surface area contributed by atoms with E-state index in [2.05, 4.69) is 10.1 Å². The molecular formula is C9H8F3NO. The van der Waals surface area contributed by atoms with E-state index in [-0.39, 0.29) is 5.75 Å². The topological polar surface area (TPSA) is 21.3 Å². The molecule has 0 spiro atoms. The average Bonchev–Trinajstić information content (AvgIpc) is 2.49. The molecule has 1 aromatic carbocycles. The van der Waals surface area contributed by atoms with Crippen molar-refractivity contribution in [2.75, 3.05) is 0 Å². The van der Waals surface area contributed by atoms with Gasteiger partial charge in [-0.15, -0.1) is 13.2 Å². The zero-order valence-electron chi connectivity index (χ0n) is 7.19. The molecule has 1 aliphatic rings. The van der Waals surface area contributed by atoms with Gasteiger partial charge in [-0.3, -0.25) is 0 Å². The SMILES string of the molecule is FC(F)(F)Oc1cccc2c1CNC2. The van der Waals surface area contributed by atoms with Crippen LogP contribution in [0.15, 0.2) is 18.2 Å². The van der Waals surface area contributed by atoms with Crippen LogP contribution in [0.25, 0.3) is 0 Å². The summed E-state index contributed by atoms with van der Waals surface area (Å²) < 4.78 is 39.8. The summed E-state index contributed by atoms with van der Waals surface area (Å²) in [6, 6.07) is 4.69. The summed E-state index contributed by atoms with van der Waals surface area (Å²) in [7, 11) is 0. The van der Waals surface area contributed by atoms with E-state index >= 15 is 0 Å². The third-order valence-electron chi connectivity index (χ3n) is 2.07. The second-order valence-electron chi connectivity index (χ2n) is 3.05. The first kappa shape index (κ1) is 9.33. The normalized spacial score (nSPS) is 15.4. The van der Waals surface area contributed by atoms with E-state index in [4.69, 9.17) is 0 Å². The van der Waals surface area contributed by atoms with Crippen LogP contribution in [0.2, 0.25) is 0 Å². The molecule has 0 amide bonds. The molecule has 0 saturated carbocycles. The van der Waals surface area contributed by atoms with Gasteiger partial charge in [0.05, 0.1) is 0 Å². The van der Waals surface area contributed by atoms with Crippen LogP contribution in [0.4, 0.5) is 13.2 Å². The van der Waals surface area contributed by atoms with Gasteiger partial charge in [0, 0.05) is 18.7 Å². The van der Waals surface area contributed by atoms with Crippen molar-refractivity contribution in [2.24, 2.45) is 0 Å². The van der Waals surface area contributed by atoms with E-state index in [9.17, 15) is 13.2 Å². The number of benzene rings is 1. The third kappa shape index (κ3) is 1.82. The molecule has 0 radical (unpaired) electrons. The van der Waals surface area contributed by atoms with Crippen molar-refractivity contribution in [3.05, 3.63) is 29.3 Å². The quantitative estimate of drug-likeness (QED) is 0.755. The van der Waals surface area contributed by atoms with Crippen molar-refractivity contribution >= 4 is 0 Å². The fourth-order valence-corrected chi connectivity index (χ4v) is 1.52. The fraction of sp³-hybridized carbons (Fsp3) is 0.333. The molecule has 2 nitrogen and oxygen atoms in total. The molecule has 0 atom stereocenters. The number of hydrogen-bond acceptors (Lipinski definition) is 2. The maximum Gasteiger partial charge on any atom is 0.573 e. The first-order valence-electron chi connectivity index (χ1n) is 4.13.